The molecule has 2 amide bonds. The molecular weight excluding hydrogens is 334 g/mol. The molecule has 6 heteroatoms. The monoisotopic (exact) mass is 349 g/mol. The molecule has 0 aliphatic carbocycles. The molecule has 1 fully saturated rings. The van der Waals surface area contributed by atoms with Crippen molar-refractivity contribution in [3.05, 3.63) is 34.3 Å². The molecule has 110 valence electrons. The Morgan fingerprint density at radius 2 is 1.71 bits per heavy atom. The molecule has 21 heavy (non-hydrogen) atoms. The number of carbonyl (C=O) groups excluding carboxylic acids is 2. The highest BCUT2D eigenvalue weighted by Gasteiger charge is 2.22. The van der Waals surface area contributed by atoms with Gasteiger partial charge in [0.2, 0.25) is 5.91 Å². The summed E-state index contributed by atoms with van der Waals surface area (Å²) in [6.07, 6.45) is 0.639. The normalized spacial score (nSPS) is 15.2. The first kappa shape index (κ1) is 15.5. The highest BCUT2D eigenvalue weighted by molar-refractivity contribution is 9.10. The van der Waals surface area contributed by atoms with Gasteiger partial charge >= 0.3 is 0 Å². The van der Waals surface area contributed by atoms with E-state index in [0.717, 1.165) is 10.9 Å². The zero-order valence-electron chi connectivity index (χ0n) is 11.6. The molecule has 0 unspecified atom stereocenters. The number of nitriles is 1. The number of hydrogen-bond acceptors (Lipinski definition) is 3. The van der Waals surface area contributed by atoms with Gasteiger partial charge in [-0.05, 0) is 30.7 Å². The van der Waals surface area contributed by atoms with Crippen molar-refractivity contribution >= 4 is 27.7 Å². The zero-order valence-corrected chi connectivity index (χ0v) is 13.2. The summed E-state index contributed by atoms with van der Waals surface area (Å²) in [4.78, 5) is 27.6. The van der Waals surface area contributed by atoms with Crippen molar-refractivity contribution in [3.63, 3.8) is 0 Å². The van der Waals surface area contributed by atoms with Gasteiger partial charge in [-0.2, -0.15) is 5.26 Å². The molecule has 1 aliphatic rings. The number of benzene rings is 1. The SMILES string of the molecule is N#CCC(=O)N1CCCN(C(=O)c2ccc(Br)cc2)CC1. The Kier molecular flexibility index (Phi) is 5.34. The quantitative estimate of drug-likeness (QED) is 0.820. The van der Waals surface area contributed by atoms with E-state index in [2.05, 4.69) is 15.9 Å². The topological polar surface area (TPSA) is 64.4 Å². The third-order valence-electron chi connectivity index (χ3n) is 3.46. The molecular formula is C15H16BrN3O2. The summed E-state index contributed by atoms with van der Waals surface area (Å²) >= 11 is 3.35. The second-order valence-corrected chi connectivity index (χ2v) is 5.78. The van der Waals surface area contributed by atoms with Crippen LogP contribution < -0.4 is 0 Å². The fourth-order valence-electron chi connectivity index (χ4n) is 2.32. The van der Waals surface area contributed by atoms with Crippen molar-refractivity contribution < 1.29 is 9.59 Å². The molecule has 1 saturated heterocycles. The Hall–Kier alpha value is -1.87. The summed E-state index contributed by atoms with van der Waals surface area (Å²) in [5, 5.41) is 8.58. The maximum absolute atomic E-state index is 12.4. The molecule has 0 atom stereocenters. The van der Waals surface area contributed by atoms with Gasteiger partial charge in [0.05, 0.1) is 6.07 Å². The van der Waals surface area contributed by atoms with Crippen molar-refractivity contribution in [1.29, 1.82) is 5.26 Å². The Balaban J connectivity index is 1.99. The van der Waals surface area contributed by atoms with E-state index in [0.29, 0.717) is 31.7 Å². The fraction of sp³-hybridized carbons (Fsp3) is 0.400. The van der Waals surface area contributed by atoms with E-state index in [1.807, 2.05) is 18.2 Å². The van der Waals surface area contributed by atoms with Crippen molar-refractivity contribution in [2.45, 2.75) is 12.8 Å². The average Bonchev–Trinajstić information content (AvgIpc) is 2.73. The maximum atomic E-state index is 12.4. The Morgan fingerprint density at radius 3 is 2.38 bits per heavy atom. The van der Waals surface area contributed by atoms with Crippen molar-refractivity contribution in [3.8, 4) is 6.07 Å². The van der Waals surface area contributed by atoms with Crippen LogP contribution in [0.2, 0.25) is 0 Å². The first-order valence-corrected chi connectivity index (χ1v) is 7.60. The van der Waals surface area contributed by atoms with Crippen molar-refractivity contribution in [2.24, 2.45) is 0 Å². The standard InChI is InChI=1S/C15H16BrN3O2/c16-13-4-2-12(3-5-13)15(21)19-9-1-8-18(10-11-19)14(20)6-7-17/h2-5H,1,6,8-11H2. The molecule has 2 rings (SSSR count). The Labute approximate surface area is 132 Å². The number of carbonyl (C=O) groups is 2. The minimum atomic E-state index is -0.157. The van der Waals surface area contributed by atoms with Crippen LogP contribution in [0, 0.1) is 11.3 Å². The van der Waals surface area contributed by atoms with E-state index >= 15 is 0 Å². The summed E-state index contributed by atoms with van der Waals surface area (Å²) in [5.41, 5.74) is 0.648. The van der Waals surface area contributed by atoms with Gasteiger partial charge in [-0.15, -0.1) is 0 Å². The van der Waals surface area contributed by atoms with Crippen LogP contribution in [0.4, 0.5) is 0 Å². The predicted octanol–water partition coefficient (Wildman–Crippen LogP) is 2.04. The number of amides is 2. The summed E-state index contributed by atoms with van der Waals surface area (Å²) in [7, 11) is 0. The smallest absolute Gasteiger partial charge is 0.253 e. The largest absolute Gasteiger partial charge is 0.340 e. The van der Waals surface area contributed by atoms with Gasteiger partial charge in [-0.3, -0.25) is 9.59 Å². The summed E-state index contributed by atoms with van der Waals surface area (Å²) in [6, 6.07) is 9.13. The molecule has 0 bridgehead atoms. The highest BCUT2D eigenvalue weighted by Crippen LogP contribution is 2.14. The van der Waals surface area contributed by atoms with Crippen molar-refractivity contribution in [1.82, 2.24) is 9.80 Å². The van der Waals surface area contributed by atoms with E-state index in [1.165, 1.54) is 0 Å². The van der Waals surface area contributed by atoms with E-state index < -0.39 is 0 Å². The number of halogens is 1. The van der Waals surface area contributed by atoms with Gasteiger partial charge in [0, 0.05) is 36.2 Å². The van der Waals surface area contributed by atoms with Crippen LogP contribution in [-0.4, -0.2) is 47.8 Å². The highest BCUT2D eigenvalue weighted by atomic mass is 79.9. The lowest BCUT2D eigenvalue weighted by atomic mass is 10.2. The summed E-state index contributed by atoms with van der Waals surface area (Å²) in [5.74, 6) is -0.174. The van der Waals surface area contributed by atoms with Crippen LogP contribution in [-0.2, 0) is 4.79 Å². The molecule has 1 aromatic carbocycles. The lowest BCUT2D eigenvalue weighted by molar-refractivity contribution is -0.129. The Bertz CT molecular complexity index is 565. The van der Waals surface area contributed by atoms with Gasteiger partial charge in [-0.25, -0.2) is 0 Å². The molecule has 1 aliphatic heterocycles. The summed E-state index contributed by atoms with van der Waals surface area (Å²) in [6.45, 7) is 2.23. The molecule has 0 radical (unpaired) electrons. The minimum absolute atomic E-state index is 0.0166. The zero-order chi connectivity index (χ0) is 15.2. The van der Waals surface area contributed by atoms with E-state index in [4.69, 9.17) is 5.26 Å². The van der Waals surface area contributed by atoms with E-state index in [-0.39, 0.29) is 18.2 Å². The molecule has 0 aromatic heterocycles. The van der Waals surface area contributed by atoms with E-state index in [9.17, 15) is 9.59 Å². The second kappa shape index (κ2) is 7.23. The second-order valence-electron chi connectivity index (χ2n) is 4.87. The van der Waals surface area contributed by atoms with Gasteiger partial charge < -0.3 is 9.80 Å². The first-order chi connectivity index (χ1) is 10.1. The molecule has 0 N–H and O–H groups in total. The third kappa shape index (κ3) is 4.05. The average molecular weight is 350 g/mol. The van der Waals surface area contributed by atoms with Crippen LogP contribution in [0.3, 0.4) is 0 Å². The van der Waals surface area contributed by atoms with Crippen LogP contribution in [0.1, 0.15) is 23.2 Å². The summed E-state index contributed by atoms with van der Waals surface area (Å²) < 4.78 is 0.934. The lowest BCUT2D eigenvalue weighted by Gasteiger charge is -2.21. The van der Waals surface area contributed by atoms with Crippen LogP contribution in [0.25, 0.3) is 0 Å². The molecule has 5 nitrogen and oxygen atoms in total. The number of hydrogen-bond donors (Lipinski definition) is 0. The molecule has 1 heterocycles. The first-order valence-electron chi connectivity index (χ1n) is 6.81. The third-order valence-corrected chi connectivity index (χ3v) is 3.99. The molecule has 0 spiro atoms. The fourth-order valence-corrected chi connectivity index (χ4v) is 2.59. The van der Waals surface area contributed by atoms with Gasteiger partial charge in [0.1, 0.15) is 6.42 Å². The van der Waals surface area contributed by atoms with E-state index in [1.54, 1.807) is 21.9 Å². The van der Waals surface area contributed by atoms with Gasteiger partial charge in [0.25, 0.3) is 5.91 Å². The van der Waals surface area contributed by atoms with Crippen molar-refractivity contribution in [2.75, 3.05) is 26.2 Å². The van der Waals surface area contributed by atoms with Gasteiger partial charge in [-0.1, -0.05) is 15.9 Å². The van der Waals surface area contributed by atoms with Gasteiger partial charge in [0.15, 0.2) is 0 Å². The van der Waals surface area contributed by atoms with Crippen LogP contribution in [0.15, 0.2) is 28.7 Å². The Morgan fingerprint density at radius 1 is 1.10 bits per heavy atom. The molecule has 1 aromatic rings. The number of nitrogens with zero attached hydrogens (tertiary/aromatic N) is 3. The number of rotatable bonds is 2. The molecule has 0 saturated carbocycles. The van der Waals surface area contributed by atoms with Crippen LogP contribution >= 0.6 is 15.9 Å². The maximum Gasteiger partial charge on any atom is 0.253 e. The predicted molar refractivity (Wildman–Crippen MR) is 81.5 cm³/mol. The van der Waals surface area contributed by atoms with Crippen LogP contribution in [0.5, 0.6) is 0 Å². The minimum Gasteiger partial charge on any atom is -0.340 e. The lowest BCUT2D eigenvalue weighted by Crippen LogP contribution is -2.37.